The molecule has 1 N–H and O–H groups in total. The van der Waals surface area contributed by atoms with Crippen molar-refractivity contribution < 1.29 is 4.79 Å². The molecule has 5 heteroatoms. The van der Waals surface area contributed by atoms with E-state index in [2.05, 4.69) is 15.2 Å². The summed E-state index contributed by atoms with van der Waals surface area (Å²) in [5.41, 5.74) is 1.53. The average Bonchev–Trinajstić information content (AvgIpc) is 2.58. The van der Waals surface area contributed by atoms with Crippen molar-refractivity contribution in [2.75, 3.05) is 23.3 Å². The number of benzene rings is 1. The summed E-state index contributed by atoms with van der Waals surface area (Å²) in [5.74, 6) is 0.888. The van der Waals surface area contributed by atoms with Crippen molar-refractivity contribution in [1.29, 1.82) is 0 Å². The Labute approximate surface area is 141 Å². The Morgan fingerprint density at radius 2 is 1.91 bits per heavy atom. The lowest BCUT2D eigenvalue weighted by Gasteiger charge is -2.27. The second-order valence-electron chi connectivity index (χ2n) is 5.77. The Kier molecular flexibility index (Phi) is 5.13. The minimum atomic E-state index is -0.0920. The lowest BCUT2D eigenvalue weighted by Crippen LogP contribution is -2.30. The van der Waals surface area contributed by atoms with Gasteiger partial charge >= 0.3 is 0 Å². The van der Waals surface area contributed by atoms with Crippen molar-refractivity contribution in [1.82, 2.24) is 4.98 Å². The molecule has 1 aliphatic heterocycles. The fourth-order valence-electron chi connectivity index (χ4n) is 2.79. The second-order valence-corrected chi connectivity index (χ2v) is 6.18. The standard InChI is InChI=1S/C18H20ClN3O/c19-16-7-3-2-6-14(16)12-18(23)21-15-8-9-17(20-13-15)22-10-4-1-5-11-22/h2-3,6-9,13H,1,4-5,10-12H2,(H,21,23). The van der Waals surface area contributed by atoms with E-state index in [4.69, 9.17) is 11.6 Å². The Balaban J connectivity index is 1.59. The van der Waals surface area contributed by atoms with E-state index in [0.29, 0.717) is 10.7 Å². The molecular weight excluding hydrogens is 310 g/mol. The minimum absolute atomic E-state index is 0.0920. The first kappa shape index (κ1) is 15.8. The Morgan fingerprint density at radius 3 is 2.61 bits per heavy atom. The molecule has 3 rings (SSSR count). The van der Waals surface area contributed by atoms with Gasteiger partial charge in [-0.3, -0.25) is 4.79 Å². The maximum atomic E-state index is 12.1. The van der Waals surface area contributed by atoms with Crippen LogP contribution in [0.5, 0.6) is 0 Å². The molecule has 1 aromatic heterocycles. The highest BCUT2D eigenvalue weighted by molar-refractivity contribution is 6.31. The number of aromatic nitrogens is 1. The van der Waals surface area contributed by atoms with Gasteiger partial charge in [-0.2, -0.15) is 0 Å². The van der Waals surface area contributed by atoms with Gasteiger partial charge in [0.05, 0.1) is 18.3 Å². The summed E-state index contributed by atoms with van der Waals surface area (Å²) in [7, 11) is 0. The lowest BCUT2D eigenvalue weighted by molar-refractivity contribution is -0.115. The number of carbonyl (C=O) groups is 1. The van der Waals surface area contributed by atoms with Gasteiger partial charge in [0.2, 0.25) is 5.91 Å². The Morgan fingerprint density at radius 1 is 1.13 bits per heavy atom. The normalized spacial score (nSPS) is 14.6. The molecule has 1 fully saturated rings. The largest absolute Gasteiger partial charge is 0.357 e. The topological polar surface area (TPSA) is 45.2 Å². The SMILES string of the molecule is O=C(Cc1ccccc1Cl)Nc1ccc(N2CCCCC2)nc1. The number of halogens is 1. The number of rotatable bonds is 4. The number of amides is 1. The van der Waals surface area contributed by atoms with E-state index >= 15 is 0 Å². The summed E-state index contributed by atoms with van der Waals surface area (Å²) in [4.78, 5) is 18.9. The van der Waals surface area contributed by atoms with Gasteiger partial charge < -0.3 is 10.2 Å². The number of piperidine rings is 1. The van der Waals surface area contributed by atoms with Crippen LogP contribution in [0, 0.1) is 0 Å². The summed E-state index contributed by atoms with van der Waals surface area (Å²) in [5, 5.41) is 3.48. The van der Waals surface area contributed by atoms with Gasteiger partial charge in [-0.25, -0.2) is 4.98 Å². The van der Waals surface area contributed by atoms with Crippen molar-refractivity contribution in [2.45, 2.75) is 25.7 Å². The van der Waals surface area contributed by atoms with Crippen LogP contribution in [0.4, 0.5) is 11.5 Å². The molecule has 0 radical (unpaired) electrons. The van der Waals surface area contributed by atoms with Gasteiger partial charge in [0.25, 0.3) is 0 Å². The minimum Gasteiger partial charge on any atom is -0.357 e. The van der Waals surface area contributed by atoms with E-state index in [-0.39, 0.29) is 12.3 Å². The van der Waals surface area contributed by atoms with Crippen LogP contribution < -0.4 is 10.2 Å². The van der Waals surface area contributed by atoms with Crippen LogP contribution in [-0.4, -0.2) is 24.0 Å². The molecule has 0 spiro atoms. The molecule has 4 nitrogen and oxygen atoms in total. The Bertz CT molecular complexity index is 666. The maximum absolute atomic E-state index is 12.1. The zero-order chi connectivity index (χ0) is 16.1. The Hall–Kier alpha value is -2.07. The van der Waals surface area contributed by atoms with E-state index in [1.165, 1.54) is 19.3 Å². The van der Waals surface area contributed by atoms with Crippen molar-refractivity contribution in [2.24, 2.45) is 0 Å². The second kappa shape index (κ2) is 7.47. The molecule has 0 atom stereocenters. The average molecular weight is 330 g/mol. The monoisotopic (exact) mass is 329 g/mol. The van der Waals surface area contributed by atoms with E-state index in [1.54, 1.807) is 12.3 Å². The van der Waals surface area contributed by atoms with Crippen molar-refractivity contribution in [3.63, 3.8) is 0 Å². The van der Waals surface area contributed by atoms with Crippen LogP contribution in [-0.2, 0) is 11.2 Å². The number of hydrogen-bond acceptors (Lipinski definition) is 3. The predicted molar refractivity (Wildman–Crippen MR) is 94.1 cm³/mol. The molecule has 1 aromatic carbocycles. The van der Waals surface area contributed by atoms with Crippen molar-refractivity contribution in [3.8, 4) is 0 Å². The van der Waals surface area contributed by atoms with Gasteiger partial charge in [0, 0.05) is 18.1 Å². The third-order valence-electron chi connectivity index (χ3n) is 4.02. The molecule has 0 unspecified atom stereocenters. The highest BCUT2D eigenvalue weighted by Gasteiger charge is 2.12. The molecule has 1 aliphatic rings. The van der Waals surface area contributed by atoms with Crippen LogP contribution in [0.25, 0.3) is 0 Å². The summed E-state index contributed by atoms with van der Waals surface area (Å²) in [6, 6.07) is 11.3. The molecule has 0 bridgehead atoms. The summed E-state index contributed by atoms with van der Waals surface area (Å²) in [6.07, 6.45) is 5.71. The third-order valence-corrected chi connectivity index (χ3v) is 4.39. The molecule has 120 valence electrons. The van der Waals surface area contributed by atoms with Gasteiger partial charge in [0.1, 0.15) is 5.82 Å². The number of anilines is 2. The van der Waals surface area contributed by atoms with Crippen LogP contribution in [0.3, 0.4) is 0 Å². The lowest BCUT2D eigenvalue weighted by atomic mass is 10.1. The fraction of sp³-hybridized carbons (Fsp3) is 0.333. The van der Waals surface area contributed by atoms with Crippen molar-refractivity contribution in [3.05, 3.63) is 53.2 Å². The van der Waals surface area contributed by atoms with Crippen LogP contribution in [0.1, 0.15) is 24.8 Å². The number of nitrogens with one attached hydrogen (secondary N) is 1. The highest BCUT2D eigenvalue weighted by atomic mass is 35.5. The van der Waals surface area contributed by atoms with E-state index in [9.17, 15) is 4.79 Å². The van der Waals surface area contributed by atoms with E-state index in [1.807, 2.05) is 30.3 Å². The summed E-state index contributed by atoms with van der Waals surface area (Å²) < 4.78 is 0. The number of nitrogens with zero attached hydrogens (tertiary/aromatic N) is 2. The molecule has 1 saturated heterocycles. The molecule has 0 saturated carbocycles. The number of pyridine rings is 1. The summed E-state index contributed by atoms with van der Waals surface area (Å²) >= 11 is 6.08. The first-order valence-corrected chi connectivity index (χ1v) is 8.34. The molecule has 1 amide bonds. The molecule has 2 aromatic rings. The van der Waals surface area contributed by atoms with Crippen LogP contribution in [0.2, 0.25) is 5.02 Å². The highest BCUT2D eigenvalue weighted by Crippen LogP contribution is 2.20. The summed E-state index contributed by atoms with van der Waals surface area (Å²) in [6.45, 7) is 2.12. The first-order valence-electron chi connectivity index (χ1n) is 7.96. The number of hydrogen-bond donors (Lipinski definition) is 1. The fourth-order valence-corrected chi connectivity index (χ4v) is 2.99. The van der Waals surface area contributed by atoms with E-state index < -0.39 is 0 Å². The van der Waals surface area contributed by atoms with Gasteiger partial charge in [0.15, 0.2) is 0 Å². The van der Waals surface area contributed by atoms with Crippen LogP contribution in [0.15, 0.2) is 42.6 Å². The quantitative estimate of drug-likeness (QED) is 0.925. The first-order chi connectivity index (χ1) is 11.2. The maximum Gasteiger partial charge on any atom is 0.228 e. The van der Waals surface area contributed by atoms with Crippen molar-refractivity contribution >= 4 is 29.0 Å². The zero-order valence-electron chi connectivity index (χ0n) is 13.0. The number of carbonyl (C=O) groups excluding carboxylic acids is 1. The van der Waals surface area contributed by atoms with Gasteiger partial charge in [-0.1, -0.05) is 29.8 Å². The van der Waals surface area contributed by atoms with Crippen LogP contribution >= 0.6 is 11.6 Å². The molecule has 23 heavy (non-hydrogen) atoms. The zero-order valence-corrected chi connectivity index (χ0v) is 13.7. The third kappa shape index (κ3) is 4.23. The van der Waals surface area contributed by atoms with Gasteiger partial charge in [-0.15, -0.1) is 0 Å². The molecule has 0 aliphatic carbocycles. The van der Waals surface area contributed by atoms with Gasteiger partial charge in [-0.05, 0) is 43.0 Å². The predicted octanol–water partition coefficient (Wildman–Crippen LogP) is 3.91. The smallest absolute Gasteiger partial charge is 0.228 e. The molecular formula is C18H20ClN3O. The van der Waals surface area contributed by atoms with E-state index in [0.717, 1.165) is 24.5 Å². The molecule has 2 heterocycles.